The molecule has 0 N–H and O–H groups in total. The fraction of sp³-hybridized carbons (Fsp3) is 0.667. The van der Waals surface area contributed by atoms with Crippen molar-refractivity contribution in [2.45, 2.75) is 33.6 Å². The monoisotopic (exact) mass is 140 g/mol. The van der Waals surface area contributed by atoms with E-state index in [1.165, 1.54) is 6.42 Å². The van der Waals surface area contributed by atoms with Crippen LogP contribution in [0.15, 0.2) is 11.6 Å². The molecule has 0 unspecified atom stereocenters. The molecule has 0 aliphatic heterocycles. The molecule has 58 valence electrons. The third-order valence-corrected chi connectivity index (χ3v) is 1.40. The van der Waals surface area contributed by atoms with Crippen LogP contribution in [0.5, 0.6) is 0 Å². The molecule has 0 aromatic carbocycles. The van der Waals surface area contributed by atoms with Gasteiger partial charge in [-0.3, -0.25) is 4.79 Å². The van der Waals surface area contributed by atoms with Crippen molar-refractivity contribution in [1.29, 1.82) is 0 Å². The predicted octanol–water partition coefficient (Wildman–Crippen LogP) is 2.57. The number of hydrogen-bond acceptors (Lipinski definition) is 1. The van der Waals surface area contributed by atoms with Gasteiger partial charge in [0.2, 0.25) is 0 Å². The van der Waals surface area contributed by atoms with Gasteiger partial charge in [0.05, 0.1) is 0 Å². The van der Waals surface area contributed by atoms with Gasteiger partial charge in [-0.15, -0.1) is 0 Å². The minimum atomic E-state index is 0.732. The van der Waals surface area contributed by atoms with Crippen LogP contribution >= 0.6 is 0 Å². The molecule has 10 heavy (non-hydrogen) atoms. The normalized spacial score (nSPS) is 12.2. The Labute approximate surface area is 63.1 Å². The molecule has 0 spiro atoms. The first-order valence-electron chi connectivity index (χ1n) is 3.78. The largest absolute Gasteiger partial charge is 0.298 e. The summed E-state index contributed by atoms with van der Waals surface area (Å²) in [4.78, 5) is 10.1. The van der Waals surface area contributed by atoms with Crippen molar-refractivity contribution in [2.24, 2.45) is 5.92 Å². The molecule has 0 fully saturated rings. The second-order valence-corrected chi connectivity index (χ2v) is 3.04. The maximum absolute atomic E-state index is 10.1. The van der Waals surface area contributed by atoms with Crippen LogP contribution in [0.25, 0.3) is 0 Å². The fourth-order valence-corrected chi connectivity index (χ4v) is 0.692. The Hall–Kier alpha value is -0.590. The van der Waals surface area contributed by atoms with E-state index >= 15 is 0 Å². The van der Waals surface area contributed by atoms with E-state index in [0.717, 1.165) is 24.2 Å². The van der Waals surface area contributed by atoms with E-state index in [1.807, 2.05) is 13.0 Å². The van der Waals surface area contributed by atoms with Crippen LogP contribution in [-0.2, 0) is 4.79 Å². The van der Waals surface area contributed by atoms with Crippen molar-refractivity contribution in [1.82, 2.24) is 0 Å². The van der Waals surface area contributed by atoms with Crippen LogP contribution < -0.4 is 0 Å². The molecule has 1 nitrogen and oxygen atoms in total. The van der Waals surface area contributed by atoms with Crippen molar-refractivity contribution < 1.29 is 4.79 Å². The van der Waals surface area contributed by atoms with E-state index < -0.39 is 0 Å². The number of carbonyl (C=O) groups excluding carboxylic acids is 1. The lowest BCUT2D eigenvalue weighted by Gasteiger charge is -1.98. The second-order valence-electron chi connectivity index (χ2n) is 3.04. The van der Waals surface area contributed by atoms with Gasteiger partial charge in [-0.1, -0.05) is 19.9 Å². The molecule has 0 aromatic rings. The fourth-order valence-electron chi connectivity index (χ4n) is 0.692. The van der Waals surface area contributed by atoms with Crippen LogP contribution in [-0.4, -0.2) is 6.29 Å². The molecule has 0 aliphatic rings. The molecule has 0 aliphatic carbocycles. The minimum Gasteiger partial charge on any atom is -0.298 e. The van der Waals surface area contributed by atoms with Gasteiger partial charge in [0.25, 0.3) is 0 Å². The highest BCUT2D eigenvalue weighted by Gasteiger charge is 1.90. The Kier molecular flexibility index (Phi) is 4.91. The van der Waals surface area contributed by atoms with Gasteiger partial charge in [-0.05, 0) is 31.3 Å². The van der Waals surface area contributed by atoms with E-state index in [9.17, 15) is 4.79 Å². The Morgan fingerprint density at radius 1 is 1.50 bits per heavy atom. The van der Waals surface area contributed by atoms with E-state index in [1.54, 1.807) is 0 Å². The lowest BCUT2D eigenvalue weighted by Crippen LogP contribution is -1.85. The number of rotatable bonds is 4. The van der Waals surface area contributed by atoms with Crippen LogP contribution in [0.2, 0.25) is 0 Å². The van der Waals surface area contributed by atoms with Gasteiger partial charge >= 0.3 is 0 Å². The standard InChI is InChI=1S/C9H16O/c1-8(2)5-4-6-9(3)7-10/h6-8H,4-5H2,1-3H3. The first-order valence-corrected chi connectivity index (χ1v) is 3.78. The number of aldehydes is 1. The van der Waals surface area contributed by atoms with Crippen LogP contribution in [0.4, 0.5) is 0 Å². The van der Waals surface area contributed by atoms with Gasteiger partial charge in [-0.2, -0.15) is 0 Å². The Balaban J connectivity index is 3.43. The van der Waals surface area contributed by atoms with Gasteiger partial charge in [-0.25, -0.2) is 0 Å². The quantitative estimate of drug-likeness (QED) is 0.433. The average Bonchev–Trinajstić information content (AvgIpc) is 1.87. The SMILES string of the molecule is CC(C=O)=CCCC(C)C. The number of hydrogen-bond donors (Lipinski definition) is 0. The van der Waals surface area contributed by atoms with E-state index in [4.69, 9.17) is 0 Å². The summed E-state index contributed by atoms with van der Waals surface area (Å²) in [5.74, 6) is 0.732. The minimum absolute atomic E-state index is 0.732. The first kappa shape index (κ1) is 9.41. The van der Waals surface area contributed by atoms with Crippen molar-refractivity contribution in [3.05, 3.63) is 11.6 Å². The summed E-state index contributed by atoms with van der Waals surface area (Å²) in [5, 5.41) is 0. The lowest BCUT2D eigenvalue weighted by molar-refractivity contribution is -0.104. The molecule has 0 bridgehead atoms. The molecule has 0 radical (unpaired) electrons. The van der Waals surface area contributed by atoms with E-state index in [2.05, 4.69) is 13.8 Å². The highest BCUT2D eigenvalue weighted by atomic mass is 16.1. The second kappa shape index (κ2) is 5.21. The van der Waals surface area contributed by atoms with Gasteiger partial charge < -0.3 is 0 Å². The molecule has 0 saturated carbocycles. The van der Waals surface area contributed by atoms with Crippen LogP contribution in [0, 0.1) is 5.92 Å². The highest BCUT2D eigenvalue weighted by molar-refractivity contribution is 5.71. The van der Waals surface area contributed by atoms with E-state index in [-0.39, 0.29) is 0 Å². The maximum Gasteiger partial charge on any atom is 0.145 e. The van der Waals surface area contributed by atoms with Crippen molar-refractivity contribution in [2.75, 3.05) is 0 Å². The molecular weight excluding hydrogens is 124 g/mol. The molecule has 0 rings (SSSR count). The average molecular weight is 140 g/mol. The predicted molar refractivity (Wildman–Crippen MR) is 43.9 cm³/mol. The van der Waals surface area contributed by atoms with Gasteiger partial charge in [0, 0.05) is 0 Å². The van der Waals surface area contributed by atoms with Crippen LogP contribution in [0.3, 0.4) is 0 Å². The first-order chi connectivity index (χ1) is 4.66. The summed E-state index contributed by atoms with van der Waals surface area (Å²) >= 11 is 0. The molecule has 0 saturated heterocycles. The summed E-state index contributed by atoms with van der Waals surface area (Å²) in [5.41, 5.74) is 0.848. The van der Waals surface area contributed by atoms with Gasteiger partial charge in [0.15, 0.2) is 0 Å². The van der Waals surface area contributed by atoms with Crippen molar-refractivity contribution in [3.63, 3.8) is 0 Å². The summed E-state index contributed by atoms with van der Waals surface area (Å²) in [6.07, 6.45) is 5.10. The zero-order chi connectivity index (χ0) is 7.98. The molecule has 0 amide bonds. The molecule has 1 heteroatoms. The van der Waals surface area contributed by atoms with Crippen LogP contribution in [0.1, 0.15) is 33.6 Å². The summed E-state index contributed by atoms with van der Waals surface area (Å²) in [6.45, 7) is 6.21. The van der Waals surface area contributed by atoms with E-state index in [0.29, 0.717) is 0 Å². The summed E-state index contributed by atoms with van der Waals surface area (Å²) in [7, 11) is 0. The van der Waals surface area contributed by atoms with Crippen molar-refractivity contribution in [3.8, 4) is 0 Å². The highest BCUT2D eigenvalue weighted by Crippen LogP contribution is 2.04. The Bertz CT molecular complexity index is 123. The third-order valence-electron chi connectivity index (χ3n) is 1.40. The summed E-state index contributed by atoms with van der Waals surface area (Å²) in [6, 6.07) is 0. The molecular formula is C9H16O. The maximum atomic E-state index is 10.1. The third kappa shape index (κ3) is 5.54. The number of allylic oxidation sites excluding steroid dienone is 2. The molecule has 0 aromatic heterocycles. The van der Waals surface area contributed by atoms with Crippen molar-refractivity contribution >= 4 is 6.29 Å². The Morgan fingerprint density at radius 3 is 2.50 bits per heavy atom. The molecule has 0 atom stereocenters. The number of carbonyl (C=O) groups is 1. The lowest BCUT2D eigenvalue weighted by atomic mass is 10.1. The summed E-state index contributed by atoms with van der Waals surface area (Å²) < 4.78 is 0. The zero-order valence-corrected chi connectivity index (χ0v) is 7.05. The zero-order valence-electron chi connectivity index (χ0n) is 7.05. The smallest absolute Gasteiger partial charge is 0.145 e. The van der Waals surface area contributed by atoms with Gasteiger partial charge in [0.1, 0.15) is 6.29 Å². The molecule has 0 heterocycles. The Morgan fingerprint density at radius 2 is 2.10 bits per heavy atom. The topological polar surface area (TPSA) is 17.1 Å².